The smallest absolute Gasteiger partial charge is 0.230 e. The second-order valence-corrected chi connectivity index (χ2v) is 8.25. The van der Waals surface area contributed by atoms with Crippen molar-refractivity contribution in [2.75, 3.05) is 23.7 Å². The van der Waals surface area contributed by atoms with Crippen molar-refractivity contribution in [3.63, 3.8) is 0 Å². The second kappa shape index (κ2) is 9.71. The lowest BCUT2D eigenvalue weighted by Crippen LogP contribution is -2.45. The number of rotatable bonds is 7. The molecule has 0 unspecified atom stereocenters. The van der Waals surface area contributed by atoms with Crippen molar-refractivity contribution in [2.45, 2.75) is 37.5 Å². The van der Waals surface area contributed by atoms with Crippen molar-refractivity contribution >= 4 is 23.4 Å². The molecule has 0 aliphatic carbocycles. The molecule has 0 saturated carbocycles. The first-order chi connectivity index (χ1) is 15.2. The molecule has 3 aromatic rings. The van der Waals surface area contributed by atoms with Crippen LogP contribution in [0.5, 0.6) is 0 Å². The molecule has 1 aliphatic heterocycles. The molecule has 1 aromatic carbocycles. The van der Waals surface area contributed by atoms with Gasteiger partial charge in [0.2, 0.25) is 5.91 Å². The maximum Gasteiger partial charge on any atom is 0.230 e. The standard InChI is InChI=1S/C22H24N6O2S/c1-2-28-21(19-4-3-13-30-19)25-26-22(28)31-15-20(29)24-17-9-11-27(12-10-17)18-7-5-16(14-23)6-8-18/h3-8,13,17H,2,9-12,15H2,1H3,(H,24,29). The molecule has 1 fully saturated rings. The van der Waals surface area contributed by atoms with Gasteiger partial charge in [0.25, 0.3) is 0 Å². The number of hydrogen-bond donors (Lipinski definition) is 1. The van der Waals surface area contributed by atoms with Crippen LogP contribution in [0, 0.1) is 11.3 Å². The Hall–Kier alpha value is -3.25. The lowest BCUT2D eigenvalue weighted by atomic mass is 10.0. The van der Waals surface area contributed by atoms with E-state index in [9.17, 15) is 4.79 Å². The molecule has 160 valence electrons. The molecule has 1 N–H and O–H groups in total. The first-order valence-electron chi connectivity index (χ1n) is 10.3. The monoisotopic (exact) mass is 436 g/mol. The number of aromatic nitrogens is 3. The number of nitrogens with zero attached hydrogens (tertiary/aromatic N) is 5. The minimum absolute atomic E-state index is 0.00650. The maximum absolute atomic E-state index is 12.5. The summed E-state index contributed by atoms with van der Waals surface area (Å²) < 4.78 is 7.37. The molecule has 2 aromatic heterocycles. The number of carbonyl (C=O) groups is 1. The van der Waals surface area contributed by atoms with E-state index in [0.29, 0.717) is 34.6 Å². The first-order valence-corrected chi connectivity index (χ1v) is 11.3. The Bertz CT molecular complexity index is 1050. The van der Waals surface area contributed by atoms with Crippen molar-refractivity contribution in [1.29, 1.82) is 5.26 Å². The fraction of sp³-hybridized carbons (Fsp3) is 0.364. The number of piperidine rings is 1. The average Bonchev–Trinajstić information content (AvgIpc) is 3.48. The van der Waals surface area contributed by atoms with Gasteiger partial charge in [-0.3, -0.25) is 9.36 Å². The van der Waals surface area contributed by atoms with E-state index in [4.69, 9.17) is 9.68 Å². The van der Waals surface area contributed by atoms with E-state index in [1.54, 1.807) is 6.26 Å². The van der Waals surface area contributed by atoms with Crippen LogP contribution >= 0.6 is 11.8 Å². The van der Waals surface area contributed by atoms with Gasteiger partial charge < -0.3 is 14.6 Å². The van der Waals surface area contributed by atoms with E-state index < -0.39 is 0 Å². The van der Waals surface area contributed by atoms with Crippen molar-refractivity contribution < 1.29 is 9.21 Å². The van der Waals surface area contributed by atoms with Crippen molar-refractivity contribution in [3.8, 4) is 17.7 Å². The van der Waals surface area contributed by atoms with E-state index in [1.165, 1.54) is 11.8 Å². The third-order valence-electron chi connectivity index (χ3n) is 5.33. The number of hydrogen-bond acceptors (Lipinski definition) is 7. The van der Waals surface area contributed by atoms with E-state index in [1.807, 2.05) is 47.9 Å². The Balaban J connectivity index is 1.26. The molecule has 9 heteroatoms. The summed E-state index contributed by atoms with van der Waals surface area (Å²) in [6.45, 7) is 4.46. The third-order valence-corrected chi connectivity index (χ3v) is 6.30. The molecule has 0 radical (unpaired) electrons. The summed E-state index contributed by atoms with van der Waals surface area (Å²) in [7, 11) is 0. The molecular weight excluding hydrogens is 412 g/mol. The summed E-state index contributed by atoms with van der Waals surface area (Å²) in [5.74, 6) is 1.64. The highest BCUT2D eigenvalue weighted by Gasteiger charge is 2.22. The predicted molar refractivity (Wildman–Crippen MR) is 119 cm³/mol. The van der Waals surface area contributed by atoms with Gasteiger partial charge in [0, 0.05) is 31.4 Å². The Morgan fingerprint density at radius 2 is 2.03 bits per heavy atom. The number of furan rings is 1. The Morgan fingerprint density at radius 1 is 1.26 bits per heavy atom. The number of amides is 1. The highest BCUT2D eigenvalue weighted by molar-refractivity contribution is 7.99. The quantitative estimate of drug-likeness (QED) is 0.567. The van der Waals surface area contributed by atoms with Gasteiger partial charge in [0.15, 0.2) is 16.7 Å². The van der Waals surface area contributed by atoms with Gasteiger partial charge in [0.05, 0.1) is 23.6 Å². The van der Waals surface area contributed by atoms with Crippen LogP contribution in [0.15, 0.2) is 52.2 Å². The van der Waals surface area contributed by atoms with Gasteiger partial charge >= 0.3 is 0 Å². The summed E-state index contributed by atoms with van der Waals surface area (Å²) in [6, 6.07) is 13.6. The minimum atomic E-state index is 0.00650. The maximum atomic E-state index is 12.5. The molecule has 0 spiro atoms. The van der Waals surface area contributed by atoms with Crippen LogP contribution in [0.2, 0.25) is 0 Å². The number of anilines is 1. The highest BCUT2D eigenvalue weighted by Crippen LogP contribution is 2.24. The zero-order chi connectivity index (χ0) is 21.6. The van der Waals surface area contributed by atoms with Gasteiger partial charge in [-0.05, 0) is 56.2 Å². The molecule has 31 heavy (non-hydrogen) atoms. The fourth-order valence-corrected chi connectivity index (χ4v) is 4.51. The third kappa shape index (κ3) is 4.91. The number of thioether (sulfide) groups is 1. The average molecular weight is 437 g/mol. The van der Waals surface area contributed by atoms with Crippen LogP contribution in [0.25, 0.3) is 11.6 Å². The van der Waals surface area contributed by atoms with Gasteiger partial charge in [0.1, 0.15) is 0 Å². The number of benzene rings is 1. The Labute approximate surface area is 185 Å². The van der Waals surface area contributed by atoms with E-state index in [2.05, 4.69) is 26.5 Å². The number of nitriles is 1. The van der Waals surface area contributed by atoms with Crippen molar-refractivity contribution in [2.24, 2.45) is 0 Å². The van der Waals surface area contributed by atoms with Crippen LogP contribution < -0.4 is 10.2 Å². The van der Waals surface area contributed by atoms with Gasteiger partial charge in [-0.2, -0.15) is 5.26 Å². The summed E-state index contributed by atoms with van der Waals surface area (Å²) in [6.07, 6.45) is 3.39. The zero-order valence-corrected chi connectivity index (χ0v) is 18.1. The molecule has 8 nitrogen and oxygen atoms in total. The van der Waals surface area contributed by atoms with Crippen LogP contribution in [0.1, 0.15) is 25.3 Å². The first kappa shape index (κ1) is 21.0. The number of nitrogens with one attached hydrogen (secondary N) is 1. The molecule has 1 amide bonds. The minimum Gasteiger partial charge on any atom is -0.461 e. The van der Waals surface area contributed by atoms with Crippen molar-refractivity contribution in [3.05, 3.63) is 48.2 Å². The molecule has 4 rings (SSSR count). The molecule has 3 heterocycles. The highest BCUT2D eigenvalue weighted by atomic mass is 32.2. The van der Waals surface area contributed by atoms with E-state index >= 15 is 0 Å². The fourth-order valence-electron chi connectivity index (χ4n) is 3.70. The molecular formula is C22H24N6O2S. The van der Waals surface area contributed by atoms with Gasteiger partial charge in [-0.1, -0.05) is 11.8 Å². The summed E-state index contributed by atoms with van der Waals surface area (Å²) >= 11 is 1.39. The van der Waals surface area contributed by atoms with E-state index in [-0.39, 0.29) is 11.9 Å². The van der Waals surface area contributed by atoms with Gasteiger partial charge in [-0.15, -0.1) is 10.2 Å². The normalized spacial score (nSPS) is 14.4. The zero-order valence-electron chi connectivity index (χ0n) is 17.3. The van der Waals surface area contributed by atoms with E-state index in [0.717, 1.165) is 31.6 Å². The largest absolute Gasteiger partial charge is 0.461 e. The van der Waals surface area contributed by atoms with Gasteiger partial charge in [-0.25, -0.2) is 0 Å². The van der Waals surface area contributed by atoms with Crippen LogP contribution in [0.3, 0.4) is 0 Å². The van der Waals surface area contributed by atoms with Crippen LogP contribution in [0.4, 0.5) is 5.69 Å². The SMILES string of the molecule is CCn1c(SCC(=O)NC2CCN(c3ccc(C#N)cc3)CC2)nnc1-c1ccco1. The predicted octanol–water partition coefficient (Wildman–Crippen LogP) is 3.31. The Morgan fingerprint density at radius 3 is 2.68 bits per heavy atom. The number of carbonyl (C=O) groups excluding carboxylic acids is 1. The molecule has 0 bridgehead atoms. The molecule has 1 aliphatic rings. The van der Waals surface area contributed by atoms with Crippen molar-refractivity contribution in [1.82, 2.24) is 20.1 Å². The lowest BCUT2D eigenvalue weighted by molar-refractivity contribution is -0.119. The molecule has 0 atom stereocenters. The topological polar surface area (TPSA) is 100.0 Å². The van der Waals surface area contributed by atoms with Crippen LogP contribution in [-0.2, 0) is 11.3 Å². The van der Waals surface area contributed by atoms with Crippen LogP contribution in [-0.4, -0.2) is 45.6 Å². The summed E-state index contributed by atoms with van der Waals surface area (Å²) in [5, 5.41) is 21.2. The summed E-state index contributed by atoms with van der Waals surface area (Å²) in [5.41, 5.74) is 1.78. The molecule has 1 saturated heterocycles. The summed E-state index contributed by atoms with van der Waals surface area (Å²) in [4.78, 5) is 14.8. The lowest BCUT2D eigenvalue weighted by Gasteiger charge is -2.34. The Kier molecular flexibility index (Phi) is 6.57. The second-order valence-electron chi connectivity index (χ2n) is 7.30.